The van der Waals surface area contributed by atoms with Gasteiger partial charge < -0.3 is 10.6 Å². The van der Waals surface area contributed by atoms with Gasteiger partial charge in [0.1, 0.15) is 0 Å². The molecule has 2 N–H and O–H groups in total. The van der Waals surface area contributed by atoms with Crippen molar-refractivity contribution in [3.63, 3.8) is 0 Å². The second-order valence-corrected chi connectivity index (χ2v) is 4.54. The monoisotopic (exact) mass is 198 g/mol. The Hall–Kier alpha value is -0.570. The summed E-state index contributed by atoms with van der Waals surface area (Å²) in [5, 5.41) is 6.32. The number of rotatable bonds is 7. The molecule has 0 aliphatic heterocycles. The third-order valence-electron chi connectivity index (χ3n) is 2.25. The van der Waals surface area contributed by atoms with Crippen LogP contribution in [0.15, 0.2) is 0 Å². The van der Waals surface area contributed by atoms with Crippen molar-refractivity contribution in [3.8, 4) is 0 Å². The van der Waals surface area contributed by atoms with Crippen molar-refractivity contribution in [2.75, 3.05) is 13.1 Å². The maximum absolute atomic E-state index is 11.3. The second kappa shape index (κ2) is 6.02. The molecule has 14 heavy (non-hydrogen) atoms. The fraction of sp³-hybridized carbons (Fsp3) is 0.909. The first kappa shape index (κ1) is 11.5. The van der Waals surface area contributed by atoms with E-state index in [9.17, 15) is 4.79 Å². The van der Waals surface area contributed by atoms with Gasteiger partial charge in [0.25, 0.3) is 0 Å². The zero-order valence-electron chi connectivity index (χ0n) is 9.31. The molecule has 0 unspecified atom stereocenters. The average Bonchev–Trinajstić information content (AvgIpc) is 2.87. The number of amides is 1. The Kier molecular flexibility index (Phi) is 4.94. The van der Waals surface area contributed by atoms with Crippen molar-refractivity contribution in [3.05, 3.63) is 0 Å². The summed E-state index contributed by atoms with van der Waals surface area (Å²) in [5.41, 5.74) is 0. The van der Waals surface area contributed by atoms with Gasteiger partial charge in [-0.05, 0) is 38.3 Å². The average molecular weight is 198 g/mol. The van der Waals surface area contributed by atoms with Gasteiger partial charge in [0.15, 0.2) is 0 Å². The summed E-state index contributed by atoms with van der Waals surface area (Å²) in [6, 6.07) is 0.506. The number of hydrogen-bond acceptors (Lipinski definition) is 2. The zero-order valence-corrected chi connectivity index (χ0v) is 9.31. The maximum Gasteiger partial charge on any atom is 0.220 e. The number of hydrogen-bond donors (Lipinski definition) is 2. The molecule has 1 amide bonds. The van der Waals surface area contributed by atoms with E-state index in [1.54, 1.807) is 0 Å². The molecule has 82 valence electrons. The van der Waals surface area contributed by atoms with Crippen LogP contribution in [0.5, 0.6) is 0 Å². The van der Waals surface area contributed by atoms with Crippen LogP contribution in [-0.2, 0) is 4.79 Å². The Morgan fingerprint density at radius 3 is 2.71 bits per heavy atom. The minimum absolute atomic E-state index is 0.221. The molecule has 0 radical (unpaired) electrons. The molecule has 1 aliphatic rings. The Bertz CT molecular complexity index is 176. The molecule has 1 aliphatic carbocycles. The first-order valence-corrected chi connectivity index (χ1v) is 5.68. The highest BCUT2D eigenvalue weighted by molar-refractivity contribution is 5.76. The van der Waals surface area contributed by atoms with Crippen LogP contribution < -0.4 is 10.6 Å². The third-order valence-corrected chi connectivity index (χ3v) is 2.25. The van der Waals surface area contributed by atoms with E-state index >= 15 is 0 Å². The number of carbonyl (C=O) groups is 1. The van der Waals surface area contributed by atoms with Gasteiger partial charge in [-0.1, -0.05) is 13.8 Å². The maximum atomic E-state index is 11.3. The van der Waals surface area contributed by atoms with E-state index in [2.05, 4.69) is 24.5 Å². The van der Waals surface area contributed by atoms with Crippen molar-refractivity contribution in [1.29, 1.82) is 0 Å². The summed E-state index contributed by atoms with van der Waals surface area (Å²) in [7, 11) is 0. The topological polar surface area (TPSA) is 41.1 Å². The lowest BCUT2D eigenvalue weighted by Crippen LogP contribution is -2.27. The van der Waals surface area contributed by atoms with E-state index in [0.717, 1.165) is 19.5 Å². The standard InChI is InChI=1S/C11H22N2O/c1-9(2)8-12-7-3-4-11(14)13-10-5-6-10/h9-10,12H,3-8H2,1-2H3,(H,13,14). The van der Waals surface area contributed by atoms with Crippen LogP contribution >= 0.6 is 0 Å². The van der Waals surface area contributed by atoms with Crippen LogP contribution in [0, 0.1) is 5.92 Å². The SMILES string of the molecule is CC(C)CNCCCC(=O)NC1CC1. The van der Waals surface area contributed by atoms with E-state index in [4.69, 9.17) is 0 Å². The normalized spacial score (nSPS) is 15.9. The van der Waals surface area contributed by atoms with Gasteiger partial charge in [-0.25, -0.2) is 0 Å². The predicted octanol–water partition coefficient (Wildman–Crippen LogP) is 1.29. The lowest BCUT2D eigenvalue weighted by Gasteiger charge is -2.07. The summed E-state index contributed by atoms with van der Waals surface area (Å²) >= 11 is 0. The summed E-state index contributed by atoms with van der Waals surface area (Å²) < 4.78 is 0. The Morgan fingerprint density at radius 2 is 2.14 bits per heavy atom. The zero-order chi connectivity index (χ0) is 10.4. The van der Waals surface area contributed by atoms with Crippen LogP contribution in [-0.4, -0.2) is 25.0 Å². The van der Waals surface area contributed by atoms with E-state index in [1.807, 2.05) is 0 Å². The highest BCUT2D eigenvalue weighted by Crippen LogP contribution is 2.18. The third kappa shape index (κ3) is 5.97. The molecular formula is C11H22N2O. The molecule has 0 saturated heterocycles. The molecular weight excluding hydrogens is 176 g/mol. The van der Waals surface area contributed by atoms with Crippen LogP contribution in [0.2, 0.25) is 0 Å². The number of carbonyl (C=O) groups excluding carboxylic acids is 1. The molecule has 0 spiro atoms. The van der Waals surface area contributed by atoms with Crippen molar-refractivity contribution in [2.45, 2.75) is 45.6 Å². The van der Waals surface area contributed by atoms with Crippen molar-refractivity contribution >= 4 is 5.91 Å². The van der Waals surface area contributed by atoms with Gasteiger partial charge in [-0.3, -0.25) is 4.79 Å². The minimum Gasteiger partial charge on any atom is -0.353 e. The van der Waals surface area contributed by atoms with Crippen molar-refractivity contribution in [2.24, 2.45) is 5.92 Å². The Morgan fingerprint density at radius 1 is 1.43 bits per heavy atom. The first-order chi connectivity index (χ1) is 6.68. The molecule has 1 fully saturated rings. The number of nitrogens with one attached hydrogen (secondary N) is 2. The molecule has 3 nitrogen and oxygen atoms in total. The lowest BCUT2D eigenvalue weighted by atomic mass is 10.2. The van der Waals surface area contributed by atoms with Crippen molar-refractivity contribution in [1.82, 2.24) is 10.6 Å². The Labute approximate surface area is 86.6 Å². The van der Waals surface area contributed by atoms with Crippen LogP contribution in [0.4, 0.5) is 0 Å². The molecule has 1 rings (SSSR count). The lowest BCUT2D eigenvalue weighted by molar-refractivity contribution is -0.121. The molecule has 0 atom stereocenters. The van der Waals surface area contributed by atoms with Gasteiger partial charge in [0, 0.05) is 12.5 Å². The summed E-state index contributed by atoms with van der Waals surface area (Å²) in [5.74, 6) is 0.911. The molecule has 0 heterocycles. The molecule has 0 aromatic heterocycles. The Balaban J connectivity index is 1.84. The fourth-order valence-electron chi connectivity index (χ4n) is 1.29. The first-order valence-electron chi connectivity index (χ1n) is 5.68. The van der Waals surface area contributed by atoms with Crippen molar-refractivity contribution < 1.29 is 4.79 Å². The van der Waals surface area contributed by atoms with E-state index in [1.165, 1.54) is 12.8 Å². The highest BCUT2D eigenvalue weighted by Gasteiger charge is 2.22. The summed E-state index contributed by atoms with van der Waals surface area (Å²) in [4.78, 5) is 11.3. The highest BCUT2D eigenvalue weighted by atomic mass is 16.1. The molecule has 0 aromatic carbocycles. The second-order valence-electron chi connectivity index (χ2n) is 4.54. The van der Waals surface area contributed by atoms with Gasteiger partial charge in [0.05, 0.1) is 0 Å². The quantitative estimate of drug-likeness (QED) is 0.605. The summed E-state index contributed by atoms with van der Waals surface area (Å²) in [6.45, 7) is 6.38. The molecule has 0 aromatic rings. The van der Waals surface area contributed by atoms with Crippen LogP contribution in [0.3, 0.4) is 0 Å². The van der Waals surface area contributed by atoms with Crippen LogP contribution in [0.1, 0.15) is 39.5 Å². The largest absolute Gasteiger partial charge is 0.353 e. The van der Waals surface area contributed by atoms with Gasteiger partial charge in [0.2, 0.25) is 5.91 Å². The van der Waals surface area contributed by atoms with E-state index in [0.29, 0.717) is 18.4 Å². The smallest absolute Gasteiger partial charge is 0.220 e. The van der Waals surface area contributed by atoms with Crippen LogP contribution in [0.25, 0.3) is 0 Å². The van der Waals surface area contributed by atoms with Gasteiger partial charge in [-0.2, -0.15) is 0 Å². The van der Waals surface area contributed by atoms with Gasteiger partial charge in [-0.15, -0.1) is 0 Å². The minimum atomic E-state index is 0.221. The molecule has 3 heteroatoms. The summed E-state index contributed by atoms with van der Waals surface area (Å²) in [6.07, 6.45) is 3.97. The van der Waals surface area contributed by atoms with E-state index in [-0.39, 0.29) is 5.91 Å². The molecule has 0 bridgehead atoms. The predicted molar refractivity (Wildman–Crippen MR) is 58.1 cm³/mol. The van der Waals surface area contributed by atoms with Gasteiger partial charge >= 0.3 is 0 Å². The van der Waals surface area contributed by atoms with E-state index < -0.39 is 0 Å². The fourth-order valence-corrected chi connectivity index (χ4v) is 1.29. The molecule has 1 saturated carbocycles.